The number of aliphatic hydroxyl groups excluding tert-OH is 1. The van der Waals surface area contributed by atoms with Crippen LogP contribution < -0.4 is 4.74 Å². The zero-order valence-corrected chi connectivity index (χ0v) is 32.9. The van der Waals surface area contributed by atoms with E-state index in [0.29, 0.717) is 12.8 Å². The summed E-state index contributed by atoms with van der Waals surface area (Å²) >= 11 is 0. The molecule has 0 unspecified atom stereocenters. The van der Waals surface area contributed by atoms with Gasteiger partial charge in [0.05, 0.1) is 49.7 Å². The third-order valence-electron chi connectivity index (χ3n) is 13.3. The van der Waals surface area contributed by atoms with Crippen molar-refractivity contribution in [2.45, 2.75) is 147 Å². The molecule has 1 spiro atoms. The van der Waals surface area contributed by atoms with E-state index in [4.69, 9.17) is 32.8 Å². The van der Waals surface area contributed by atoms with Gasteiger partial charge in [0.15, 0.2) is 19.9 Å². The average molecular weight is 707 g/mol. The summed E-state index contributed by atoms with van der Waals surface area (Å²) in [6.07, 6.45) is -1.89. The molecule has 3 aliphatic carbocycles. The van der Waals surface area contributed by atoms with Gasteiger partial charge < -0.3 is 43.1 Å². The zero-order chi connectivity index (χ0) is 36.4. The summed E-state index contributed by atoms with van der Waals surface area (Å²) in [5.41, 5.74) is -3.64. The highest BCUT2D eigenvalue weighted by Crippen LogP contribution is 2.63. The summed E-state index contributed by atoms with van der Waals surface area (Å²) < 4.78 is 44.4. The van der Waals surface area contributed by atoms with Gasteiger partial charge in [-0.1, -0.05) is 46.8 Å². The molecule has 2 N–H and O–H groups in total. The van der Waals surface area contributed by atoms with E-state index in [1.165, 1.54) is 7.11 Å². The first-order valence-corrected chi connectivity index (χ1v) is 20.8. The van der Waals surface area contributed by atoms with Crippen molar-refractivity contribution in [3.8, 4) is 5.75 Å². The molecule has 278 valence electrons. The number of ketones is 1. The fraction of sp³-hybridized carbons (Fsp3) is 0.816. The second-order valence-electron chi connectivity index (χ2n) is 17.7. The number of ether oxygens (including phenoxy) is 6. The summed E-state index contributed by atoms with van der Waals surface area (Å²) in [5, 5.41) is 25.2. The minimum Gasteiger partial charge on any atom is -0.497 e. The van der Waals surface area contributed by atoms with Gasteiger partial charge in [0.1, 0.15) is 24.2 Å². The summed E-state index contributed by atoms with van der Waals surface area (Å²) in [5.74, 6) is -1.45. The van der Waals surface area contributed by atoms with Crippen LogP contribution in [-0.4, -0.2) is 93.3 Å². The zero-order valence-electron chi connectivity index (χ0n) is 31.9. The first-order chi connectivity index (χ1) is 22.6. The Bertz CT molecular complexity index is 1340. The van der Waals surface area contributed by atoms with Crippen LogP contribution in [0, 0.1) is 22.7 Å². The summed E-state index contributed by atoms with van der Waals surface area (Å²) in [7, 11) is 0.675. The van der Waals surface area contributed by atoms with Crippen molar-refractivity contribution >= 4 is 14.1 Å². The molecule has 3 saturated carbocycles. The maximum Gasteiger partial charge on any atom is 0.192 e. The number of Topliss-reactive ketones (excluding diaryl/α,β-unsaturated/α-hetero) is 1. The minimum atomic E-state index is -2.49. The van der Waals surface area contributed by atoms with Crippen LogP contribution in [0.25, 0.3) is 0 Å². The highest BCUT2D eigenvalue weighted by molar-refractivity contribution is 6.74. The Labute approximate surface area is 294 Å². The van der Waals surface area contributed by atoms with Gasteiger partial charge in [0.2, 0.25) is 0 Å². The van der Waals surface area contributed by atoms with E-state index in [1.54, 1.807) is 7.11 Å². The number of carbonyl (C=O) groups excluding carboxylic acids is 1. The van der Waals surface area contributed by atoms with E-state index in [9.17, 15) is 10.2 Å². The maximum atomic E-state index is 15.3. The molecule has 2 bridgehead atoms. The largest absolute Gasteiger partial charge is 0.497 e. The number of carbonyl (C=O) groups is 1. The van der Waals surface area contributed by atoms with Gasteiger partial charge in [0.25, 0.3) is 0 Å². The molecule has 0 radical (unpaired) electrons. The average Bonchev–Trinajstić information content (AvgIpc) is 3.47. The molecule has 4 fully saturated rings. The third kappa shape index (κ3) is 6.48. The molecule has 49 heavy (non-hydrogen) atoms. The Balaban J connectivity index is 1.68. The Kier molecular flexibility index (Phi) is 10.5. The van der Waals surface area contributed by atoms with Crippen molar-refractivity contribution < 1.29 is 47.9 Å². The van der Waals surface area contributed by atoms with E-state index in [0.717, 1.165) is 11.3 Å². The van der Waals surface area contributed by atoms with Crippen molar-refractivity contribution in [2.24, 2.45) is 22.7 Å². The summed E-state index contributed by atoms with van der Waals surface area (Å²) in [6, 6.07) is 7.67. The molecule has 5 rings (SSSR count). The predicted octanol–water partition coefficient (Wildman–Crippen LogP) is 6.01. The van der Waals surface area contributed by atoms with Crippen LogP contribution in [0.4, 0.5) is 0 Å². The number of benzene rings is 1. The highest BCUT2D eigenvalue weighted by Gasteiger charge is 2.73. The number of methoxy groups -OCH3 is 2. The van der Waals surface area contributed by atoms with Gasteiger partial charge in [-0.05, 0) is 75.9 Å². The van der Waals surface area contributed by atoms with Crippen molar-refractivity contribution in [1.82, 2.24) is 0 Å². The molecular weight excluding hydrogens is 644 g/mol. The monoisotopic (exact) mass is 706 g/mol. The number of hydrogen-bond donors (Lipinski definition) is 2. The van der Waals surface area contributed by atoms with Gasteiger partial charge in [0, 0.05) is 30.8 Å². The fourth-order valence-electron chi connectivity index (χ4n) is 9.05. The van der Waals surface area contributed by atoms with Crippen LogP contribution in [0.1, 0.15) is 86.6 Å². The second kappa shape index (κ2) is 13.2. The van der Waals surface area contributed by atoms with E-state index in [-0.39, 0.29) is 49.6 Å². The Morgan fingerprint density at radius 2 is 1.63 bits per heavy atom. The van der Waals surface area contributed by atoms with Gasteiger partial charge in [-0.3, -0.25) is 4.79 Å². The molecular formula is C38H62O10Si. The lowest BCUT2D eigenvalue weighted by Crippen LogP contribution is -2.69. The van der Waals surface area contributed by atoms with Crippen LogP contribution >= 0.6 is 0 Å². The smallest absolute Gasteiger partial charge is 0.192 e. The number of fused-ring (bicyclic) bond motifs is 4. The van der Waals surface area contributed by atoms with Crippen LogP contribution in [0.2, 0.25) is 18.1 Å². The summed E-state index contributed by atoms with van der Waals surface area (Å²) in [4.78, 5) is 15.3. The van der Waals surface area contributed by atoms with Crippen molar-refractivity contribution in [3.05, 3.63) is 29.8 Å². The molecule has 1 aromatic carbocycles. The Morgan fingerprint density at radius 3 is 2.18 bits per heavy atom. The molecule has 1 aromatic rings. The van der Waals surface area contributed by atoms with E-state index in [2.05, 4.69) is 33.9 Å². The Hall–Kier alpha value is -1.41. The van der Waals surface area contributed by atoms with Gasteiger partial charge in [-0.25, -0.2) is 0 Å². The van der Waals surface area contributed by atoms with Crippen molar-refractivity contribution in [1.29, 1.82) is 0 Å². The normalized spacial score (nSPS) is 38.9. The van der Waals surface area contributed by atoms with E-state index in [1.807, 2.05) is 58.9 Å². The first-order valence-electron chi connectivity index (χ1n) is 17.9. The van der Waals surface area contributed by atoms with Crippen LogP contribution in [0.15, 0.2) is 24.3 Å². The SMILES string of the molecule is COCO[C@H]1C(=O)[C@@]2(C)[C@H](C[C@H](O[Si](C)(C)C(C)(C)C)[C@]3(O)CC[C@H]1C3(C)C)[C@]1(COC(C)(C)O1)[C@H](OCc1ccc(OC)cc1)C[C@@H]2O. The van der Waals surface area contributed by atoms with Crippen LogP contribution in [-0.2, 0) is 39.5 Å². The number of rotatable bonds is 9. The molecule has 11 heteroatoms. The molecule has 0 amide bonds. The minimum absolute atomic E-state index is 0.0897. The molecule has 10 nitrogen and oxygen atoms in total. The highest BCUT2D eigenvalue weighted by atomic mass is 28.4. The number of aliphatic hydroxyl groups is 2. The second-order valence-corrected chi connectivity index (χ2v) is 22.5. The van der Waals surface area contributed by atoms with Crippen molar-refractivity contribution in [3.63, 3.8) is 0 Å². The Morgan fingerprint density at radius 1 is 0.980 bits per heavy atom. The third-order valence-corrected chi connectivity index (χ3v) is 17.8. The maximum absolute atomic E-state index is 15.3. The molecule has 1 aliphatic heterocycles. The van der Waals surface area contributed by atoms with Crippen molar-refractivity contribution in [2.75, 3.05) is 27.6 Å². The lowest BCUT2D eigenvalue weighted by atomic mass is 9.53. The predicted molar refractivity (Wildman–Crippen MR) is 188 cm³/mol. The van der Waals surface area contributed by atoms with Gasteiger partial charge >= 0.3 is 0 Å². The first kappa shape index (κ1) is 38.8. The van der Waals surface area contributed by atoms with E-state index >= 15 is 4.79 Å². The van der Waals surface area contributed by atoms with Crippen LogP contribution in [0.3, 0.4) is 0 Å². The molecule has 4 aliphatic rings. The molecule has 1 saturated heterocycles. The van der Waals surface area contributed by atoms with Crippen LogP contribution in [0.5, 0.6) is 5.75 Å². The quantitative estimate of drug-likeness (QED) is 0.233. The molecule has 1 heterocycles. The van der Waals surface area contributed by atoms with E-state index < -0.39 is 66.5 Å². The van der Waals surface area contributed by atoms with Gasteiger partial charge in [-0.2, -0.15) is 0 Å². The standard InChI is InChI=1S/C38H62O10Si/c1-33(2,3)49(11,12)47-30-19-27-36(8,32(40)31(45-23-42-9)26-17-18-38(30,41)34(26,4)5)28(39)20-29(37(27)22-46-35(6,7)48-37)44-21-24-13-15-25(43-10)16-14-24/h13-16,26-31,39,41H,17-23H2,1-12H3/t26-,27+,28+,29-,30+,31-,36+,37-,38-/m1/s1. The lowest BCUT2D eigenvalue weighted by Gasteiger charge is -2.57. The topological polar surface area (TPSA) is 122 Å². The summed E-state index contributed by atoms with van der Waals surface area (Å²) in [6.45, 7) is 20.9. The number of hydrogen-bond acceptors (Lipinski definition) is 10. The lowest BCUT2D eigenvalue weighted by molar-refractivity contribution is -0.265. The molecule has 0 aromatic heterocycles. The van der Waals surface area contributed by atoms with Gasteiger partial charge in [-0.15, -0.1) is 0 Å². The fourth-order valence-corrected chi connectivity index (χ4v) is 10.4. The molecule has 9 atom stereocenters.